The van der Waals surface area contributed by atoms with Crippen LogP contribution in [0.1, 0.15) is 54.2 Å². The number of aliphatic imine (C=N–C) groups is 1. The van der Waals surface area contributed by atoms with Gasteiger partial charge < -0.3 is 4.42 Å². The Morgan fingerprint density at radius 3 is 2.41 bits per heavy atom. The number of halogens is 1. The molecule has 0 fully saturated rings. The second-order valence-corrected chi connectivity index (χ2v) is 9.90. The standard InChI is InChI=1S/C31H34FNO/c1-17(2)13-23-9-10-25(24(16-23)11-12-33-8)22(7)28-20(5)21(6)30(32)29-26-14-18(3)19(4)15-27(26)34-31(28)29/h9-12,14-17H,13H2,1-8H3/b24-11-,25-22+,33-12?. The Bertz CT molecular complexity index is 1570. The van der Waals surface area contributed by atoms with E-state index in [0.29, 0.717) is 22.5 Å². The molecule has 34 heavy (non-hydrogen) atoms. The summed E-state index contributed by atoms with van der Waals surface area (Å²) in [5, 5.41) is 3.63. The molecule has 176 valence electrons. The summed E-state index contributed by atoms with van der Waals surface area (Å²) in [6.45, 7) is 14.5. The molecule has 0 unspecified atom stereocenters. The topological polar surface area (TPSA) is 25.5 Å². The van der Waals surface area contributed by atoms with Crippen molar-refractivity contribution in [2.24, 2.45) is 10.9 Å². The van der Waals surface area contributed by atoms with Crippen LogP contribution in [0.4, 0.5) is 4.39 Å². The van der Waals surface area contributed by atoms with E-state index in [2.05, 4.69) is 63.9 Å². The van der Waals surface area contributed by atoms with Crippen LogP contribution in [0, 0.1) is 39.4 Å². The molecule has 0 aliphatic carbocycles. The highest BCUT2D eigenvalue weighted by molar-refractivity contribution is 6.09. The number of hydrogen-bond donors (Lipinski definition) is 0. The maximum Gasteiger partial charge on any atom is 0.146 e. The third-order valence-electron chi connectivity index (χ3n) is 6.96. The van der Waals surface area contributed by atoms with Gasteiger partial charge >= 0.3 is 0 Å². The zero-order valence-electron chi connectivity index (χ0n) is 21.6. The molecule has 3 aromatic carbocycles. The molecular weight excluding hydrogens is 421 g/mol. The maximum absolute atomic E-state index is 15.6. The molecule has 0 saturated carbocycles. The third-order valence-corrected chi connectivity index (χ3v) is 6.96. The molecule has 0 bridgehead atoms. The van der Waals surface area contributed by atoms with Crippen LogP contribution in [0.2, 0.25) is 0 Å². The monoisotopic (exact) mass is 455 g/mol. The lowest BCUT2D eigenvalue weighted by Crippen LogP contribution is -2.28. The van der Waals surface area contributed by atoms with Crippen LogP contribution in [-0.2, 0) is 6.42 Å². The summed E-state index contributed by atoms with van der Waals surface area (Å²) in [5.74, 6) is 0.385. The Balaban J connectivity index is 2.15. The van der Waals surface area contributed by atoms with E-state index in [1.165, 1.54) is 5.56 Å². The zero-order valence-corrected chi connectivity index (χ0v) is 21.6. The first-order chi connectivity index (χ1) is 16.1. The Labute approximate surface area is 201 Å². The minimum absolute atomic E-state index is 0.191. The first kappa shape index (κ1) is 23.9. The molecule has 0 N–H and O–H groups in total. The van der Waals surface area contributed by atoms with E-state index in [0.717, 1.165) is 55.7 Å². The summed E-state index contributed by atoms with van der Waals surface area (Å²) in [7, 11) is 1.78. The molecule has 0 aliphatic heterocycles. The normalized spacial score (nSPS) is 13.8. The summed E-state index contributed by atoms with van der Waals surface area (Å²) in [5.41, 5.74) is 8.55. The lowest BCUT2D eigenvalue weighted by atomic mass is 9.91. The fourth-order valence-electron chi connectivity index (χ4n) is 4.89. The number of aryl methyl sites for hydroxylation is 2. The van der Waals surface area contributed by atoms with Gasteiger partial charge in [-0.25, -0.2) is 4.39 Å². The number of rotatable bonds is 4. The van der Waals surface area contributed by atoms with Crippen molar-refractivity contribution < 1.29 is 8.81 Å². The van der Waals surface area contributed by atoms with Crippen molar-refractivity contribution in [3.05, 3.63) is 80.0 Å². The van der Waals surface area contributed by atoms with Gasteiger partial charge in [0.1, 0.15) is 17.0 Å². The van der Waals surface area contributed by atoms with E-state index in [9.17, 15) is 0 Å². The number of nitrogens with zero attached hydrogens (tertiary/aromatic N) is 1. The molecule has 0 radical (unpaired) electrons. The van der Waals surface area contributed by atoms with Gasteiger partial charge in [-0.3, -0.25) is 4.99 Å². The van der Waals surface area contributed by atoms with E-state index in [1.807, 2.05) is 32.2 Å². The van der Waals surface area contributed by atoms with E-state index in [1.54, 1.807) is 7.05 Å². The summed E-state index contributed by atoms with van der Waals surface area (Å²) >= 11 is 0. The van der Waals surface area contributed by atoms with Crippen LogP contribution >= 0.6 is 0 Å². The van der Waals surface area contributed by atoms with Gasteiger partial charge in [0.05, 0.1) is 5.39 Å². The van der Waals surface area contributed by atoms with Crippen molar-refractivity contribution in [3.63, 3.8) is 0 Å². The SMILES string of the molecule is CN=C/C=c1/cc(CC(C)C)cc/c1=C(/C)c1c(C)c(C)c(F)c2c1oc1cc(C)c(C)cc12. The molecule has 0 amide bonds. The van der Waals surface area contributed by atoms with Crippen LogP contribution in [0.25, 0.3) is 33.6 Å². The van der Waals surface area contributed by atoms with E-state index in [4.69, 9.17) is 4.42 Å². The minimum Gasteiger partial charge on any atom is -0.455 e. The average Bonchev–Trinajstić information content (AvgIpc) is 3.13. The summed E-state index contributed by atoms with van der Waals surface area (Å²) < 4.78 is 22.0. The van der Waals surface area contributed by atoms with E-state index >= 15 is 4.39 Å². The van der Waals surface area contributed by atoms with Gasteiger partial charge in [-0.1, -0.05) is 32.0 Å². The Morgan fingerprint density at radius 2 is 1.74 bits per heavy atom. The van der Waals surface area contributed by atoms with Gasteiger partial charge in [0.15, 0.2) is 0 Å². The average molecular weight is 456 g/mol. The lowest BCUT2D eigenvalue weighted by Gasteiger charge is -2.13. The van der Waals surface area contributed by atoms with Crippen molar-refractivity contribution in [1.82, 2.24) is 0 Å². The molecule has 1 aromatic heterocycles. The smallest absolute Gasteiger partial charge is 0.146 e. The zero-order chi connectivity index (χ0) is 24.7. The van der Waals surface area contributed by atoms with Gasteiger partial charge in [-0.2, -0.15) is 0 Å². The highest BCUT2D eigenvalue weighted by atomic mass is 19.1. The summed E-state index contributed by atoms with van der Waals surface area (Å²) in [6.07, 6.45) is 4.90. The van der Waals surface area contributed by atoms with Crippen LogP contribution in [-0.4, -0.2) is 13.3 Å². The third kappa shape index (κ3) is 4.09. The van der Waals surface area contributed by atoms with Gasteiger partial charge in [-0.05, 0) is 109 Å². The van der Waals surface area contributed by atoms with E-state index < -0.39 is 0 Å². The molecule has 2 nitrogen and oxygen atoms in total. The van der Waals surface area contributed by atoms with Crippen molar-refractivity contribution in [2.75, 3.05) is 7.05 Å². The van der Waals surface area contributed by atoms with Gasteiger partial charge in [-0.15, -0.1) is 0 Å². The number of fused-ring (bicyclic) bond motifs is 3. The maximum atomic E-state index is 15.6. The molecule has 0 aliphatic rings. The largest absolute Gasteiger partial charge is 0.455 e. The second-order valence-electron chi connectivity index (χ2n) is 9.90. The van der Waals surface area contributed by atoms with Crippen LogP contribution < -0.4 is 10.4 Å². The highest BCUT2D eigenvalue weighted by Crippen LogP contribution is 2.39. The van der Waals surface area contributed by atoms with Crippen molar-refractivity contribution in [2.45, 2.75) is 54.9 Å². The van der Waals surface area contributed by atoms with Crippen LogP contribution in [0.3, 0.4) is 0 Å². The number of hydrogen-bond acceptors (Lipinski definition) is 2. The van der Waals surface area contributed by atoms with Crippen LogP contribution in [0.5, 0.6) is 0 Å². The fraction of sp³-hybridized carbons (Fsp3) is 0.323. The molecule has 1 heterocycles. The Kier molecular flexibility index (Phi) is 6.49. The highest BCUT2D eigenvalue weighted by Gasteiger charge is 2.22. The first-order valence-corrected chi connectivity index (χ1v) is 12.0. The number of benzene rings is 3. The lowest BCUT2D eigenvalue weighted by molar-refractivity contribution is 0.623. The van der Waals surface area contributed by atoms with Gasteiger partial charge in [0.2, 0.25) is 0 Å². The second kappa shape index (κ2) is 9.21. The van der Waals surface area contributed by atoms with Crippen molar-refractivity contribution >= 4 is 39.8 Å². The predicted molar refractivity (Wildman–Crippen MR) is 144 cm³/mol. The molecule has 3 heteroatoms. The Morgan fingerprint density at radius 1 is 1.03 bits per heavy atom. The Hall–Kier alpha value is -3.20. The van der Waals surface area contributed by atoms with Crippen LogP contribution in [0.15, 0.2) is 39.7 Å². The minimum atomic E-state index is -0.191. The van der Waals surface area contributed by atoms with Crippen molar-refractivity contribution in [3.8, 4) is 0 Å². The molecule has 0 atom stereocenters. The van der Waals surface area contributed by atoms with E-state index in [-0.39, 0.29) is 5.82 Å². The fourth-order valence-corrected chi connectivity index (χ4v) is 4.89. The van der Waals surface area contributed by atoms with Gasteiger partial charge in [0, 0.05) is 24.2 Å². The molecular formula is C31H34FNO. The molecule has 4 aromatic rings. The molecule has 0 saturated heterocycles. The quantitative estimate of drug-likeness (QED) is 0.309. The molecule has 4 rings (SSSR count). The summed E-state index contributed by atoms with van der Waals surface area (Å²) in [4.78, 5) is 4.18. The van der Waals surface area contributed by atoms with Crippen molar-refractivity contribution in [1.29, 1.82) is 0 Å². The first-order valence-electron chi connectivity index (χ1n) is 12.0. The van der Waals surface area contributed by atoms with Gasteiger partial charge in [0.25, 0.3) is 0 Å². The molecule has 0 spiro atoms. The predicted octanol–water partition coefficient (Wildman–Crippen LogP) is 6.86. The number of furan rings is 1. The summed E-state index contributed by atoms with van der Waals surface area (Å²) in [6, 6.07) is 10.7.